The van der Waals surface area contributed by atoms with Crippen molar-refractivity contribution >= 4 is 16.7 Å². The number of fused-ring (bicyclic) bond motifs is 1. The molecule has 1 unspecified atom stereocenters. The molecule has 12 heteroatoms. The molecule has 204 valence electrons. The summed E-state index contributed by atoms with van der Waals surface area (Å²) >= 11 is 0. The highest BCUT2D eigenvalue weighted by Gasteiger charge is 2.46. The van der Waals surface area contributed by atoms with Crippen LogP contribution in [0, 0.1) is 12.7 Å². The van der Waals surface area contributed by atoms with Gasteiger partial charge in [-0.2, -0.15) is 18.3 Å². The molecule has 2 aliphatic rings. The Bertz CT molecular complexity index is 1660. The van der Waals surface area contributed by atoms with Gasteiger partial charge in [-0.05, 0) is 50.5 Å². The zero-order valence-electron chi connectivity index (χ0n) is 21.6. The molecule has 3 aromatic heterocycles. The summed E-state index contributed by atoms with van der Waals surface area (Å²) in [6, 6.07) is 3.93. The molecule has 1 aliphatic heterocycles. The van der Waals surface area contributed by atoms with Gasteiger partial charge in [0.2, 0.25) is 0 Å². The average Bonchev–Trinajstić information content (AvgIpc) is 3.31. The van der Waals surface area contributed by atoms with E-state index in [-0.39, 0.29) is 33.8 Å². The predicted molar refractivity (Wildman–Crippen MR) is 136 cm³/mol. The highest BCUT2D eigenvalue weighted by molar-refractivity contribution is 5.93. The molecule has 6 rings (SSSR count). The van der Waals surface area contributed by atoms with Gasteiger partial charge >= 0.3 is 6.18 Å². The lowest BCUT2D eigenvalue weighted by molar-refractivity contribution is -0.150. The molecule has 0 amide bonds. The summed E-state index contributed by atoms with van der Waals surface area (Å²) in [6.45, 7) is 2.54. The largest absolute Gasteiger partial charge is 0.416 e. The molecule has 39 heavy (non-hydrogen) atoms. The van der Waals surface area contributed by atoms with Gasteiger partial charge in [0, 0.05) is 38.0 Å². The van der Waals surface area contributed by atoms with Crippen LogP contribution in [-0.4, -0.2) is 43.0 Å². The fourth-order valence-corrected chi connectivity index (χ4v) is 5.39. The number of halogens is 4. The molecule has 1 saturated carbocycles. The number of benzene rings is 1. The number of ether oxygens (including phenoxy) is 1. The van der Waals surface area contributed by atoms with Crippen LogP contribution in [0.5, 0.6) is 0 Å². The minimum absolute atomic E-state index is 0.0154. The van der Waals surface area contributed by atoms with Crippen molar-refractivity contribution < 1.29 is 22.3 Å². The molecule has 4 heterocycles. The van der Waals surface area contributed by atoms with Gasteiger partial charge < -0.3 is 9.64 Å². The SMILES string of the molecule is Cc1nc2c(-c3ccc(C(F)(F)F)cc3F)nc(N3CC(c4cnn(C)c4)OC4(CCC4)C3)cc2c(=O)n1C. The lowest BCUT2D eigenvalue weighted by Crippen LogP contribution is -2.56. The molecule has 8 nitrogen and oxygen atoms in total. The van der Waals surface area contributed by atoms with Gasteiger partial charge in [-0.3, -0.25) is 14.0 Å². The third-order valence-corrected chi connectivity index (χ3v) is 7.77. The van der Waals surface area contributed by atoms with Crippen LogP contribution < -0.4 is 10.5 Å². The van der Waals surface area contributed by atoms with Crippen LogP contribution in [-0.2, 0) is 25.0 Å². The second-order valence-electron chi connectivity index (χ2n) is 10.4. The van der Waals surface area contributed by atoms with Crippen molar-refractivity contribution in [2.24, 2.45) is 14.1 Å². The number of aryl methyl sites for hydroxylation is 2. The van der Waals surface area contributed by atoms with Gasteiger partial charge in [0.1, 0.15) is 34.8 Å². The first-order valence-electron chi connectivity index (χ1n) is 12.6. The highest BCUT2D eigenvalue weighted by atomic mass is 19.4. The van der Waals surface area contributed by atoms with E-state index in [4.69, 9.17) is 9.72 Å². The van der Waals surface area contributed by atoms with Crippen LogP contribution in [0.15, 0.2) is 41.5 Å². The van der Waals surface area contributed by atoms with Crippen LogP contribution >= 0.6 is 0 Å². The number of alkyl halides is 3. The van der Waals surface area contributed by atoms with Crippen LogP contribution in [0.3, 0.4) is 0 Å². The number of rotatable bonds is 3. The minimum atomic E-state index is -4.70. The Labute approximate surface area is 220 Å². The van der Waals surface area contributed by atoms with E-state index in [1.807, 2.05) is 18.1 Å². The van der Waals surface area contributed by atoms with Crippen molar-refractivity contribution in [2.75, 3.05) is 18.0 Å². The Kier molecular flexibility index (Phi) is 5.79. The van der Waals surface area contributed by atoms with E-state index in [0.29, 0.717) is 30.8 Å². The van der Waals surface area contributed by atoms with E-state index in [1.54, 1.807) is 30.9 Å². The number of anilines is 1. The maximum atomic E-state index is 15.2. The Hall–Kier alpha value is -3.80. The third kappa shape index (κ3) is 4.36. The second-order valence-corrected chi connectivity index (χ2v) is 10.4. The van der Waals surface area contributed by atoms with Crippen molar-refractivity contribution in [3.63, 3.8) is 0 Å². The summed E-state index contributed by atoms with van der Waals surface area (Å²) < 4.78 is 64.5. The number of pyridine rings is 1. The standard InChI is InChI=1S/C27H26F4N6O2/c1-15-33-24-19(25(38)36(15)3)10-22(34-23(24)18-6-5-17(9-20(18)28)27(29,30)31)37-13-21(16-11-32-35(2)12-16)39-26(14-37)7-4-8-26/h5-6,9-12,21H,4,7-8,13-14H2,1-3H3. The molecule has 0 bridgehead atoms. The van der Waals surface area contributed by atoms with Crippen LogP contribution in [0.4, 0.5) is 23.4 Å². The topological polar surface area (TPSA) is 78.1 Å². The molecule has 1 atom stereocenters. The number of morpholine rings is 1. The van der Waals surface area contributed by atoms with Crippen molar-refractivity contribution in [3.05, 3.63) is 69.8 Å². The lowest BCUT2D eigenvalue weighted by atomic mass is 9.78. The van der Waals surface area contributed by atoms with E-state index < -0.39 is 23.2 Å². The van der Waals surface area contributed by atoms with Crippen molar-refractivity contribution in [3.8, 4) is 11.3 Å². The predicted octanol–water partition coefficient (Wildman–Crippen LogP) is 4.70. The average molecular weight is 543 g/mol. The first kappa shape index (κ1) is 25.5. The number of hydrogen-bond donors (Lipinski definition) is 0. The number of aromatic nitrogens is 5. The normalized spacial score (nSPS) is 19.1. The highest BCUT2D eigenvalue weighted by Crippen LogP contribution is 2.45. The zero-order valence-corrected chi connectivity index (χ0v) is 21.6. The second kappa shape index (κ2) is 8.87. The van der Waals surface area contributed by atoms with Crippen LogP contribution in [0.2, 0.25) is 0 Å². The summed E-state index contributed by atoms with van der Waals surface area (Å²) in [4.78, 5) is 24.5. The van der Waals surface area contributed by atoms with E-state index in [0.717, 1.165) is 37.0 Å². The fraction of sp³-hybridized carbons (Fsp3) is 0.407. The molecule has 1 aromatic carbocycles. The third-order valence-electron chi connectivity index (χ3n) is 7.77. The molecule has 1 aliphatic carbocycles. The summed E-state index contributed by atoms with van der Waals surface area (Å²) in [5.74, 6) is -0.323. The van der Waals surface area contributed by atoms with Crippen molar-refractivity contribution in [1.82, 2.24) is 24.3 Å². The molecule has 0 radical (unpaired) electrons. The van der Waals surface area contributed by atoms with Gasteiger partial charge in [-0.15, -0.1) is 0 Å². The molecule has 1 spiro atoms. The van der Waals surface area contributed by atoms with E-state index in [9.17, 15) is 18.0 Å². The summed E-state index contributed by atoms with van der Waals surface area (Å²) in [6.07, 6.45) is 1.36. The maximum absolute atomic E-state index is 15.2. The summed E-state index contributed by atoms with van der Waals surface area (Å²) in [7, 11) is 3.41. The van der Waals surface area contributed by atoms with Gasteiger partial charge in [-0.1, -0.05) is 0 Å². The van der Waals surface area contributed by atoms with Gasteiger partial charge in [0.15, 0.2) is 0 Å². The van der Waals surface area contributed by atoms with Gasteiger partial charge in [-0.25, -0.2) is 14.4 Å². The number of nitrogens with zero attached hydrogens (tertiary/aromatic N) is 6. The molecular formula is C27H26F4N6O2. The van der Waals surface area contributed by atoms with Gasteiger partial charge in [0.25, 0.3) is 5.56 Å². The Morgan fingerprint density at radius 3 is 2.51 bits per heavy atom. The van der Waals surface area contributed by atoms with Crippen LogP contribution in [0.25, 0.3) is 22.2 Å². The molecule has 2 fully saturated rings. The summed E-state index contributed by atoms with van der Waals surface area (Å²) in [5, 5.41) is 4.47. The van der Waals surface area contributed by atoms with Crippen molar-refractivity contribution in [1.29, 1.82) is 0 Å². The molecule has 4 aromatic rings. The van der Waals surface area contributed by atoms with E-state index in [1.165, 1.54) is 4.57 Å². The Balaban J connectivity index is 1.52. The Morgan fingerprint density at radius 2 is 1.90 bits per heavy atom. The first-order chi connectivity index (χ1) is 18.4. The molecule has 0 N–H and O–H groups in total. The Morgan fingerprint density at radius 1 is 1.13 bits per heavy atom. The fourth-order valence-electron chi connectivity index (χ4n) is 5.39. The van der Waals surface area contributed by atoms with E-state index in [2.05, 4.69) is 10.1 Å². The van der Waals surface area contributed by atoms with Crippen LogP contribution in [0.1, 0.15) is 42.3 Å². The van der Waals surface area contributed by atoms with E-state index >= 15 is 4.39 Å². The van der Waals surface area contributed by atoms with Gasteiger partial charge in [0.05, 0.1) is 29.3 Å². The maximum Gasteiger partial charge on any atom is 0.416 e. The lowest BCUT2D eigenvalue weighted by Gasteiger charge is -2.51. The summed E-state index contributed by atoms with van der Waals surface area (Å²) in [5.41, 5.74) is -0.975. The minimum Gasteiger partial charge on any atom is -0.363 e. The smallest absolute Gasteiger partial charge is 0.363 e. The zero-order chi connectivity index (χ0) is 27.7. The monoisotopic (exact) mass is 542 g/mol. The first-order valence-corrected chi connectivity index (χ1v) is 12.6. The number of hydrogen-bond acceptors (Lipinski definition) is 6. The molecule has 1 saturated heterocycles. The van der Waals surface area contributed by atoms with Crippen molar-refractivity contribution in [2.45, 2.75) is 44.1 Å². The molecular weight excluding hydrogens is 516 g/mol. The quantitative estimate of drug-likeness (QED) is 0.350.